The highest BCUT2D eigenvalue weighted by molar-refractivity contribution is 5.95. The number of nitriles is 1. The molecule has 2 atom stereocenters. The first kappa shape index (κ1) is 11.3. The van der Waals surface area contributed by atoms with Crippen molar-refractivity contribution >= 4 is 11.7 Å². The van der Waals surface area contributed by atoms with Crippen molar-refractivity contribution in [3.05, 3.63) is 11.8 Å². The van der Waals surface area contributed by atoms with Crippen LogP contribution in [0.3, 0.4) is 0 Å². The fraction of sp³-hybridized carbons (Fsp3) is 0.615. The number of nitrogens with zero attached hydrogens (tertiary/aromatic N) is 3. The third-order valence-corrected chi connectivity index (χ3v) is 4.15. The molecule has 1 amide bonds. The summed E-state index contributed by atoms with van der Waals surface area (Å²) in [5.74, 6) is 1.75. The zero-order chi connectivity index (χ0) is 12.7. The SMILES string of the molecule is Cn1cc(C#N)c(NC(=O)C2C3CCCCC32)n1. The average molecular weight is 244 g/mol. The Hall–Kier alpha value is -1.83. The molecule has 3 rings (SSSR count). The Bertz CT molecular complexity index is 516. The molecule has 2 saturated carbocycles. The molecule has 2 fully saturated rings. The molecular formula is C13H16N4O. The Kier molecular flexibility index (Phi) is 2.58. The smallest absolute Gasteiger partial charge is 0.229 e. The third-order valence-electron chi connectivity index (χ3n) is 4.15. The molecule has 0 bridgehead atoms. The summed E-state index contributed by atoms with van der Waals surface area (Å²) >= 11 is 0. The third kappa shape index (κ3) is 1.78. The van der Waals surface area contributed by atoms with Crippen molar-refractivity contribution in [1.29, 1.82) is 5.26 Å². The fourth-order valence-corrected chi connectivity index (χ4v) is 3.24. The minimum Gasteiger partial charge on any atom is -0.308 e. The zero-order valence-corrected chi connectivity index (χ0v) is 10.4. The number of hydrogen-bond acceptors (Lipinski definition) is 3. The van der Waals surface area contributed by atoms with Gasteiger partial charge in [-0.05, 0) is 24.7 Å². The number of fused-ring (bicyclic) bond motifs is 1. The summed E-state index contributed by atoms with van der Waals surface area (Å²) in [6.45, 7) is 0. The second-order valence-electron chi connectivity index (χ2n) is 5.30. The maximum Gasteiger partial charge on any atom is 0.229 e. The van der Waals surface area contributed by atoms with E-state index in [4.69, 9.17) is 5.26 Å². The van der Waals surface area contributed by atoms with Crippen LogP contribution in [0.4, 0.5) is 5.82 Å². The highest BCUT2D eigenvalue weighted by Gasteiger charge is 2.54. The van der Waals surface area contributed by atoms with E-state index in [2.05, 4.69) is 10.4 Å². The van der Waals surface area contributed by atoms with Gasteiger partial charge in [-0.25, -0.2) is 0 Å². The van der Waals surface area contributed by atoms with Gasteiger partial charge in [0.1, 0.15) is 11.6 Å². The van der Waals surface area contributed by atoms with Crippen molar-refractivity contribution in [1.82, 2.24) is 9.78 Å². The summed E-state index contributed by atoms with van der Waals surface area (Å²) in [5.41, 5.74) is 0.425. The lowest BCUT2D eigenvalue weighted by molar-refractivity contribution is -0.117. The molecule has 5 nitrogen and oxygen atoms in total. The second-order valence-corrected chi connectivity index (χ2v) is 5.30. The van der Waals surface area contributed by atoms with Crippen LogP contribution in [0.5, 0.6) is 0 Å². The van der Waals surface area contributed by atoms with E-state index < -0.39 is 0 Å². The number of hydrogen-bond donors (Lipinski definition) is 1. The number of nitrogens with one attached hydrogen (secondary N) is 1. The van der Waals surface area contributed by atoms with Crippen LogP contribution in [0.1, 0.15) is 31.2 Å². The lowest BCUT2D eigenvalue weighted by atomic mass is 10.0. The summed E-state index contributed by atoms with van der Waals surface area (Å²) in [6, 6.07) is 2.05. The van der Waals surface area contributed by atoms with E-state index in [-0.39, 0.29) is 11.8 Å². The molecule has 5 heteroatoms. The van der Waals surface area contributed by atoms with Gasteiger partial charge in [0.2, 0.25) is 5.91 Å². The maximum atomic E-state index is 12.1. The van der Waals surface area contributed by atoms with Crippen LogP contribution in [-0.4, -0.2) is 15.7 Å². The van der Waals surface area contributed by atoms with Gasteiger partial charge in [-0.3, -0.25) is 9.48 Å². The van der Waals surface area contributed by atoms with Gasteiger partial charge in [0, 0.05) is 19.2 Å². The number of aromatic nitrogens is 2. The first-order valence-corrected chi connectivity index (χ1v) is 6.45. The molecule has 1 N–H and O–H groups in total. The van der Waals surface area contributed by atoms with Crippen LogP contribution in [0.15, 0.2) is 6.20 Å². The number of carbonyl (C=O) groups excluding carboxylic acids is 1. The molecule has 2 unspecified atom stereocenters. The molecule has 0 radical (unpaired) electrons. The minimum atomic E-state index is 0.0436. The normalized spacial score (nSPS) is 29.2. The van der Waals surface area contributed by atoms with E-state index in [0.717, 1.165) is 0 Å². The number of anilines is 1. The van der Waals surface area contributed by atoms with Crippen LogP contribution < -0.4 is 5.32 Å². The molecule has 0 aromatic carbocycles. The second kappa shape index (κ2) is 4.13. The highest BCUT2D eigenvalue weighted by Crippen LogP contribution is 2.55. The van der Waals surface area contributed by atoms with Gasteiger partial charge in [0.05, 0.1) is 0 Å². The average Bonchev–Trinajstić information content (AvgIpc) is 2.99. The van der Waals surface area contributed by atoms with Crippen LogP contribution in [-0.2, 0) is 11.8 Å². The molecule has 0 aliphatic heterocycles. The predicted octanol–water partition coefficient (Wildman–Crippen LogP) is 1.67. The monoisotopic (exact) mass is 244 g/mol. The molecule has 94 valence electrons. The quantitative estimate of drug-likeness (QED) is 0.860. The fourth-order valence-electron chi connectivity index (χ4n) is 3.24. The first-order valence-electron chi connectivity index (χ1n) is 6.45. The van der Waals surface area contributed by atoms with E-state index in [9.17, 15) is 4.79 Å². The van der Waals surface area contributed by atoms with Gasteiger partial charge in [-0.15, -0.1) is 0 Å². The van der Waals surface area contributed by atoms with Gasteiger partial charge < -0.3 is 5.32 Å². The van der Waals surface area contributed by atoms with Crippen molar-refractivity contribution in [2.45, 2.75) is 25.7 Å². The minimum absolute atomic E-state index is 0.0436. The zero-order valence-electron chi connectivity index (χ0n) is 10.4. The van der Waals surface area contributed by atoms with E-state index in [1.165, 1.54) is 25.7 Å². The van der Waals surface area contributed by atoms with Gasteiger partial charge in [0.25, 0.3) is 0 Å². The van der Waals surface area contributed by atoms with Crippen molar-refractivity contribution in [2.75, 3.05) is 5.32 Å². The summed E-state index contributed by atoms with van der Waals surface area (Å²) < 4.78 is 1.55. The molecule has 2 aliphatic carbocycles. The molecule has 1 heterocycles. The molecule has 0 saturated heterocycles. The Morgan fingerprint density at radius 2 is 2.17 bits per heavy atom. The van der Waals surface area contributed by atoms with Crippen LogP contribution >= 0.6 is 0 Å². The first-order chi connectivity index (χ1) is 8.70. The van der Waals surface area contributed by atoms with Crippen molar-refractivity contribution in [2.24, 2.45) is 24.8 Å². The van der Waals surface area contributed by atoms with E-state index in [1.54, 1.807) is 17.9 Å². The molecule has 1 aromatic heterocycles. The summed E-state index contributed by atoms with van der Waals surface area (Å²) in [7, 11) is 1.74. The number of rotatable bonds is 2. The Balaban J connectivity index is 1.70. The standard InChI is InChI=1S/C13H16N4O/c1-17-7-8(6-14)12(16-17)15-13(18)11-9-4-2-3-5-10(9)11/h7,9-11H,2-5H2,1H3,(H,15,16,18). The van der Waals surface area contributed by atoms with Crippen LogP contribution in [0, 0.1) is 29.1 Å². The van der Waals surface area contributed by atoms with Gasteiger partial charge in [-0.2, -0.15) is 10.4 Å². The van der Waals surface area contributed by atoms with Gasteiger partial charge in [-0.1, -0.05) is 12.8 Å². The maximum absolute atomic E-state index is 12.1. The number of aryl methyl sites for hydroxylation is 1. The highest BCUT2D eigenvalue weighted by atomic mass is 16.2. The van der Waals surface area contributed by atoms with Crippen molar-refractivity contribution in [3.63, 3.8) is 0 Å². The van der Waals surface area contributed by atoms with Crippen LogP contribution in [0.25, 0.3) is 0 Å². The number of carbonyl (C=O) groups is 1. The Labute approximate surface area is 106 Å². The van der Waals surface area contributed by atoms with Gasteiger partial charge in [0.15, 0.2) is 5.82 Å². The molecule has 2 aliphatic rings. The lowest BCUT2D eigenvalue weighted by Crippen LogP contribution is -2.16. The summed E-state index contributed by atoms with van der Waals surface area (Å²) in [4.78, 5) is 12.1. The number of amides is 1. The van der Waals surface area contributed by atoms with E-state index >= 15 is 0 Å². The topological polar surface area (TPSA) is 70.7 Å². The lowest BCUT2D eigenvalue weighted by Gasteiger charge is -2.04. The van der Waals surface area contributed by atoms with E-state index in [0.29, 0.717) is 23.2 Å². The molecule has 1 aromatic rings. The van der Waals surface area contributed by atoms with Crippen LogP contribution in [0.2, 0.25) is 0 Å². The molecule has 18 heavy (non-hydrogen) atoms. The van der Waals surface area contributed by atoms with Crippen molar-refractivity contribution < 1.29 is 4.79 Å². The van der Waals surface area contributed by atoms with Crippen molar-refractivity contribution in [3.8, 4) is 6.07 Å². The summed E-state index contributed by atoms with van der Waals surface area (Å²) in [6.07, 6.45) is 6.47. The summed E-state index contributed by atoms with van der Waals surface area (Å²) in [5, 5.41) is 15.9. The Morgan fingerprint density at radius 1 is 1.50 bits per heavy atom. The molecule has 0 spiro atoms. The van der Waals surface area contributed by atoms with E-state index in [1.807, 2.05) is 6.07 Å². The largest absolute Gasteiger partial charge is 0.308 e. The Morgan fingerprint density at radius 3 is 2.78 bits per heavy atom. The van der Waals surface area contributed by atoms with Gasteiger partial charge >= 0.3 is 0 Å². The predicted molar refractivity (Wildman–Crippen MR) is 65.5 cm³/mol. The molecular weight excluding hydrogens is 228 g/mol.